The second kappa shape index (κ2) is 6.16. The molecule has 4 rings (SSSR count). The van der Waals surface area contributed by atoms with Crippen molar-refractivity contribution in [2.24, 2.45) is 5.41 Å². The average Bonchev–Trinajstić information content (AvgIpc) is 3.08. The lowest BCUT2D eigenvalue weighted by atomic mass is 9.70. The number of thiophene rings is 1. The third kappa shape index (κ3) is 2.90. The molecule has 1 aliphatic carbocycles. The second-order valence-electron chi connectivity index (χ2n) is 7.78. The summed E-state index contributed by atoms with van der Waals surface area (Å²) in [7, 11) is 0. The summed E-state index contributed by atoms with van der Waals surface area (Å²) < 4.78 is 13.3. The van der Waals surface area contributed by atoms with Crippen LogP contribution in [0.3, 0.4) is 0 Å². The van der Waals surface area contributed by atoms with E-state index in [2.05, 4.69) is 13.8 Å². The molecule has 0 spiro atoms. The second-order valence-corrected chi connectivity index (χ2v) is 8.76. The first-order chi connectivity index (χ1) is 12.4. The number of benzene rings is 1. The molecule has 5 heteroatoms. The fourth-order valence-electron chi connectivity index (χ4n) is 4.04. The molecular weight excluding hydrogens is 349 g/mol. The Kier molecular flexibility index (Phi) is 4.07. The van der Waals surface area contributed by atoms with Crippen LogP contribution < -0.4 is 4.90 Å². The number of Topliss-reactive ketones (excluding diaryl/α,β-unsaturated/α-hetero) is 1. The third-order valence-electron chi connectivity index (χ3n) is 5.11. The molecule has 0 fully saturated rings. The smallest absolute Gasteiger partial charge is 0.232 e. The minimum Gasteiger partial charge on any atom is -0.294 e. The molecule has 0 saturated heterocycles. The number of allylic oxidation sites excluding steroid dienone is 2. The Morgan fingerprint density at radius 2 is 1.85 bits per heavy atom. The van der Waals surface area contributed by atoms with Gasteiger partial charge >= 0.3 is 0 Å². The van der Waals surface area contributed by atoms with Gasteiger partial charge in [-0.1, -0.05) is 19.9 Å². The van der Waals surface area contributed by atoms with Crippen molar-refractivity contribution in [1.29, 1.82) is 0 Å². The Morgan fingerprint density at radius 3 is 2.50 bits per heavy atom. The lowest BCUT2D eigenvalue weighted by molar-refractivity contribution is -0.120. The van der Waals surface area contributed by atoms with Crippen molar-refractivity contribution in [2.75, 3.05) is 4.90 Å². The lowest BCUT2D eigenvalue weighted by Gasteiger charge is -2.42. The van der Waals surface area contributed by atoms with Crippen LogP contribution in [0, 0.1) is 11.2 Å². The predicted molar refractivity (Wildman–Crippen MR) is 101 cm³/mol. The van der Waals surface area contributed by atoms with E-state index in [-0.39, 0.29) is 35.3 Å². The van der Waals surface area contributed by atoms with Gasteiger partial charge in [-0.15, -0.1) is 11.3 Å². The third-order valence-corrected chi connectivity index (χ3v) is 6.10. The van der Waals surface area contributed by atoms with E-state index in [1.807, 2.05) is 17.5 Å². The molecule has 0 bridgehead atoms. The molecule has 0 saturated carbocycles. The SMILES string of the molecule is CC1(C)CC(=O)C2=C(C1)N(c1ccc(F)cc1)C(=O)C[C@@H]2c1cccs1. The molecule has 0 N–H and O–H groups in total. The number of carbonyl (C=O) groups excluding carboxylic acids is 2. The predicted octanol–water partition coefficient (Wildman–Crippen LogP) is 5.05. The summed E-state index contributed by atoms with van der Waals surface area (Å²) in [5.41, 5.74) is 1.97. The quantitative estimate of drug-likeness (QED) is 0.743. The molecule has 0 unspecified atom stereocenters. The van der Waals surface area contributed by atoms with Crippen molar-refractivity contribution in [3.63, 3.8) is 0 Å². The van der Waals surface area contributed by atoms with E-state index in [0.717, 1.165) is 16.1 Å². The molecule has 134 valence electrons. The first-order valence-electron chi connectivity index (χ1n) is 8.74. The number of anilines is 1. The number of halogens is 1. The number of hydrogen-bond donors (Lipinski definition) is 0. The van der Waals surface area contributed by atoms with Crippen LogP contribution in [0.15, 0.2) is 53.0 Å². The van der Waals surface area contributed by atoms with E-state index in [9.17, 15) is 14.0 Å². The standard InChI is InChI=1S/C21H20FNO2S/c1-21(2)11-16-20(17(24)12-21)15(18-4-3-9-26-18)10-19(25)23(16)14-7-5-13(22)6-8-14/h3-9,15H,10-12H2,1-2H3/t15-/m1/s1. The Morgan fingerprint density at radius 1 is 1.12 bits per heavy atom. The summed E-state index contributed by atoms with van der Waals surface area (Å²) in [4.78, 5) is 28.8. The molecule has 2 aromatic rings. The van der Waals surface area contributed by atoms with Crippen LogP contribution in [0.25, 0.3) is 0 Å². The largest absolute Gasteiger partial charge is 0.294 e. The lowest BCUT2D eigenvalue weighted by Crippen LogP contribution is -2.43. The van der Waals surface area contributed by atoms with Crippen LogP contribution in [-0.4, -0.2) is 11.7 Å². The Balaban J connectivity index is 1.89. The maximum absolute atomic E-state index is 13.3. The number of carbonyl (C=O) groups is 2. The van der Waals surface area contributed by atoms with Gasteiger partial charge in [-0.05, 0) is 47.5 Å². The molecule has 1 aliphatic heterocycles. The molecule has 1 aromatic heterocycles. The molecule has 3 nitrogen and oxygen atoms in total. The minimum atomic E-state index is -0.344. The molecular formula is C21H20FNO2S. The van der Waals surface area contributed by atoms with Gasteiger partial charge < -0.3 is 0 Å². The Labute approximate surface area is 156 Å². The molecule has 1 aromatic carbocycles. The van der Waals surface area contributed by atoms with E-state index in [0.29, 0.717) is 18.5 Å². The van der Waals surface area contributed by atoms with Gasteiger partial charge in [0, 0.05) is 40.6 Å². The zero-order valence-electron chi connectivity index (χ0n) is 14.8. The van der Waals surface area contributed by atoms with Gasteiger partial charge in [0.25, 0.3) is 0 Å². The van der Waals surface area contributed by atoms with Crippen molar-refractivity contribution < 1.29 is 14.0 Å². The monoisotopic (exact) mass is 369 g/mol. The molecule has 1 atom stereocenters. The van der Waals surface area contributed by atoms with Gasteiger partial charge in [0.1, 0.15) is 5.82 Å². The van der Waals surface area contributed by atoms with Crippen molar-refractivity contribution in [3.05, 3.63) is 63.7 Å². The molecule has 2 heterocycles. The summed E-state index contributed by atoms with van der Waals surface area (Å²) in [5.74, 6) is -0.435. The van der Waals surface area contributed by atoms with Crippen LogP contribution in [0.2, 0.25) is 0 Å². The van der Waals surface area contributed by atoms with Gasteiger partial charge in [-0.3, -0.25) is 14.5 Å². The summed E-state index contributed by atoms with van der Waals surface area (Å²) >= 11 is 1.58. The highest BCUT2D eigenvalue weighted by atomic mass is 32.1. The van der Waals surface area contributed by atoms with Crippen molar-refractivity contribution >= 4 is 28.7 Å². The summed E-state index contributed by atoms with van der Waals surface area (Å²) in [6, 6.07) is 9.86. The number of rotatable bonds is 2. The van der Waals surface area contributed by atoms with E-state index in [1.165, 1.54) is 12.1 Å². The van der Waals surface area contributed by atoms with Crippen molar-refractivity contribution in [1.82, 2.24) is 0 Å². The van der Waals surface area contributed by atoms with Gasteiger partial charge in [-0.2, -0.15) is 0 Å². The first-order valence-corrected chi connectivity index (χ1v) is 9.62. The molecule has 2 aliphatic rings. The highest BCUT2D eigenvalue weighted by Gasteiger charge is 2.44. The highest BCUT2D eigenvalue weighted by molar-refractivity contribution is 7.10. The fraction of sp³-hybridized carbons (Fsp3) is 0.333. The van der Waals surface area contributed by atoms with Crippen LogP contribution in [-0.2, 0) is 9.59 Å². The Hall–Kier alpha value is -2.27. The molecule has 0 radical (unpaired) electrons. The summed E-state index contributed by atoms with van der Waals surface area (Å²) in [5, 5.41) is 1.98. The van der Waals surface area contributed by atoms with Gasteiger partial charge in [0.15, 0.2) is 5.78 Å². The zero-order valence-corrected chi connectivity index (χ0v) is 15.6. The van der Waals surface area contributed by atoms with Crippen LogP contribution in [0.5, 0.6) is 0 Å². The van der Waals surface area contributed by atoms with E-state index >= 15 is 0 Å². The van der Waals surface area contributed by atoms with Crippen LogP contribution in [0.4, 0.5) is 10.1 Å². The van der Waals surface area contributed by atoms with E-state index < -0.39 is 0 Å². The average molecular weight is 369 g/mol. The van der Waals surface area contributed by atoms with E-state index in [4.69, 9.17) is 0 Å². The van der Waals surface area contributed by atoms with Crippen LogP contribution >= 0.6 is 11.3 Å². The normalized spacial score (nSPS) is 22.6. The summed E-state index contributed by atoms with van der Waals surface area (Å²) in [6.45, 7) is 4.10. The van der Waals surface area contributed by atoms with E-state index in [1.54, 1.807) is 28.4 Å². The van der Waals surface area contributed by atoms with Crippen molar-refractivity contribution in [2.45, 2.75) is 39.0 Å². The number of nitrogens with zero attached hydrogens (tertiary/aromatic N) is 1. The maximum Gasteiger partial charge on any atom is 0.232 e. The Bertz CT molecular complexity index is 897. The zero-order chi connectivity index (χ0) is 18.5. The van der Waals surface area contributed by atoms with Gasteiger partial charge in [0.05, 0.1) is 0 Å². The minimum absolute atomic E-state index is 0.0424. The topological polar surface area (TPSA) is 37.4 Å². The van der Waals surface area contributed by atoms with Gasteiger partial charge in [-0.25, -0.2) is 4.39 Å². The number of hydrogen-bond acceptors (Lipinski definition) is 3. The number of amides is 1. The maximum atomic E-state index is 13.3. The summed E-state index contributed by atoms with van der Waals surface area (Å²) in [6.07, 6.45) is 1.40. The molecule has 26 heavy (non-hydrogen) atoms. The van der Waals surface area contributed by atoms with Crippen molar-refractivity contribution in [3.8, 4) is 0 Å². The fourth-order valence-corrected chi connectivity index (χ4v) is 4.87. The van der Waals surface area contributed by atoms with Crippen LogP contribution in [0.1, 0.15) is 43.9 Å². The first kappa shape index (κ1) is 17.2. The number of ketones is 1. The highest BCUT2D eigenvalue weighted by Crippen LogP contribution is 2.48. The molecule has 1 amide bonds. The van der Waals surface area contributed by atoms with Gasteiger partial charge in [0.2, 0.25) is 5.91 Å².